The van der Waals surface area contributed by atoms with Crippen molar-refractivity contribution in [3.63, 3.8) is 0 Å². The number of nitrogens with two attached hydrogens (primary N) is 2. The maximum atomic E-state index is 12.9. The third kappa shape index (κ3) is 2.25. The number of rotatable bonds is 1. The van der Waals surface area contributed by atoms with Gasteiger partial charge < -0.3 is 11.5 Å². The largest absolute Gasteiger partial charge is 0.417 e. The fourth-order valence-corrected chi connectivity index (χ4v) is 1.82. The molecule has 0 spiro atoms. The highest BCUT2D eigenvalue weighted by Gasteiger charge is 2.34. The van der Waals surface area contributed by atoms with Crippen LogP contribution in [-0.2, 0) is 6.18 Å². The van der Waals surface area contributed by atoms with E-state index in [2.05, 4.69) is 0 Å². The van der Waals surface area contributed by atoms with Crippen LogP contribution in [0.1, 0.15) is 5.56 Å². The van der Waals surface area contributed by atoms with Gasteiger partial charge in [0.2, 0.25) is 0 Å². The molecule has 0 saturated heterocycles. The van der Waals surface area contributed by atoms with Crippen LogP contribution in [-0.4, -0.2) is 0 Å². The molecule has 0 unspecified atom stereocenters. The molecule has 0 aliphatic carbocycles. The van der Waals surface area contributed by atoms with E-state index in [9.17, 15) is 13.2 Å². The smallest absolute Gasteiger partial charge is 0.399 e. The van der Waals surface area contributed by atoms with Crippen LogP contribution in [0.4, 0.5) is 24.5 Å². The number of nitrogen functional groups attached to an aromatic ring is 2. The van der Waals surface area contributed by atoms with Crippen molar-refractivity contribution >= 4 is 11.4 Å². The number of alkyl halides is 3. The fourth-order valence-electron chi connectivity index (χ4n) is 1.82. The van der Waals surface area contributed by atoms with E-state index >= 15 is 0 Å². The molecule has 2 nitrogen and oxygen atoms in total. The molecule has 18 heavy (non-hydrogen) atoms. The number of hydrogen-bond donors (Lipinski definition) is 2. The van der Waals surface area contributed by atoms with Gasteiger partial charge in [0, 0.05) is 16.9 Å². The monoisotopic (exact) mass is 252 g/mol. The van der Waals surface area contributed by atoms with Gasteiger partial charge in [-0.05, 0) is 29.8 Å². The summed E-state index contributed by atoms with van der Waals surface area (Å²) in [6, 6.07) is 9.96. The molecule has 4 N–H and O–H groups in total. The van der Waals surface area contributed by atoms with Gasteiger partial charge in [-0.25, -0.2) is 0 Å². The van der Waals surface area contributed by atoms with Crippen LogP contribution in [0, 0.1) is 0 Å². The van der Waals surface area contributed by atoms with Crippen LogP contribution >= 0.6 is 0 Å². The average molecular weight is 252 g/mol. The molecule has 2 aromatic carbocycles. The normalized spacial score (nSPS) is 11.5. The Kier molecular flexibility index (Phi) is 2.90. The molecule has 0 aliphatic rings. The summed E-state index contributed by atoms with van der Waals surface area (Å²) in [5.41, 5.74) is 11.3. The van der Waals surface area contributed by atoms with Gasteiger partial charge in [-0.2, -0.15) is 13.2 Å². The third-order valence-corrected chi connectivity index (χ3v) is 2.58. The molecule has 0 amide bonds. The van der Waals surface area contributed by atoms with Crippen LogP contribution in [0.3, 0.4) is 0 Å². The lowest BCUT2D eigenvalue weighted by atomic mass is 9.97. The minimum absolute atomic E-state index is 0.0303. The van der Waals surface area contributed by atoms with Crippen LogP contribution in [0.25, 0.3) is 11.1 Å². The minimum Gasteiger partial charge on any atom is -0.399 e. The zero-order valence-electron chi connectivity index (χ0n) is 9.33. The lowest BCUT2D eigenvalue weighted by Gasteiger charge is -2.15. The first-order chi connectivity index (χ1) is 8.39. The predicted molar refractivity (Wildman–Crippen MR) is 65.7 cm³/mol. The van der Waals surface area contributed by atoms with Crippen molar-refractivity contribution in [2.75, 3.05) is 11.5 Å². The van der Waals surface area contributed by atoms with Crippen LogP contribution < -0.4 is 11.5 Å². The van der Waals surface area contributed by atoms with E-state index < -0.39 is 11.7 Å². The van der Waals surface area contributed by atoms with Crippen LogP contribution in [0.5, 0.6) is 0 Å². The molecule has 94 valence electrons. The Labute approximate surface area is 102 Å². The summed E-state index contributed by atoms with van der Waals surface area (Å²) in [5.74, 6) is 0. The first-order valence-electron chi connectivity index (χ1n) is 5.21. The number of halogens is 3. The molecular formula is C13H11F3N2. The van der Waals surface area contributed by atoms with Crippen molar-refractivity contribution in [2.24, 2.45) is 0 Å². The summed E-state index contributed by atoms with van der Waals surface area (Å²) in [6.45, 7) is 0. The summed E-state index contributed by atoms with van der Waals surface area (Å²) in [5, 5.41) is 0. The van der Waals surface area contributed by atoms with Gasteiger partial charge in [-0.3, -0.25) is 0 Å². The summed E-state index contributed by atoms with van der Waals surface area (Å²) in [4.78, 5) is 0. The minimum atomic E-state index is -4.45. The average Bonchev–Trinajstić information content (AvgIpc) is 2.27. The second-order valence-electron chi connectivity index (χ2n) is 3.89. The molecule has 0 bridgehead atoms. The summed E-state index contributed by atoms with van der Waals surface area (Å²) >= 11 is 0. The Hall–Kier alpha value is -2.17. The Morgan fingerprint density at radius 3 is 2.17 bits per heavy atom. The zero-order chi connectivity index (χ0) is 13.3. The molecule has 0 saturated carbocycles. The predicted octanol–water partition coefficient (Wildman–Crippen LogP) is 3.54. The third-order valence-electron chi connectivity index (χ3n) is 2.58. The molecule has 0 aliphatic heterocycles. The van der Waals surface area contributed by atoms with Gasteiger partial charge in [0.1, 0.15) is 0 Å². The van der Waals surface area contributed by atoms with Gasteiger partial charge in [-0.1, -0.05) is 18.2 Å². The number of hydrogen-bond acceptors (Lipinski definition) is 2. The molecule has 0 heterocycles. The van der Waals surface area contributed by atoms with Crippen molar-refractivity contribution in [2.45, 2.75) is 6.18 Å². The number of benzene rings is 2. The van der Waals surface area contributed by atoms with Gasteiger partial charge in [0.15, 0.2) is 0 Å². The first-order valence-corrected chi connectivity index (χ1v) is 5.21. The molecule has 5 heteroatoms. The summed E-state index contributed by atoms with van der Waals surface area (Å²) in [6.07, 6.45) is -4.45. The lowest BCUT2D eigenvalue weighted by molar-refractivity contribution is -0.137. The lowest BCUT2D eigenvalue weighted by Crippen LogP contribution is -2.08. The molecule has 2 rings (SSSR count). The van der Waals surface area contributed by atoms with E-state index in [0.29, 0.717) is 11.3 Å². The van der Waals surface area contributed by atoms with Gasteiger partial charge in [-0.15, -0.1) is 0 Å². The highest BCUT2D eigenvalue weighted by molar-refractivity contribution is 5.81. The zero-order valence-corrected chi connectivity index (χ0v) is 9.33. The SMILES string of the molecule is Nc1cccc(-c2c(N)cccc2C(F)(F)F)c1. The number of anilines is 2. The fraction of sp³-hybridized carbons (Fsp3) is 0.0769. The van der Waals surface area contributed by atoms with E-state index in [0.717, 1.165) is 6.07 Å². The van der Waals surface area contributed by atoms with Gasteiger partial charge in [0.05, 0.1) is 5.56 Å². The topological polar surface area (TPSA) is 52.0 Å². The quantitative estimate of drug-likeness (QED) is 0.763. The van der Waals surface area contributed by atoms with Crippen molar-refractivity contribution in [3.05, 3.63) is 48.0 Å². The van der Waals surface area contributed by atoms with Crippen molar-refractivity contribution in [1.82, 2.24) is 0 Å². The summed E-state index contributed by atoms with van der Waals surface area (Å²) in [7, 11) is 0. The molecule has 0 aromatic heterocycles. The Morgan fingerprint density at radius 1 is 0.889 bits per heavy atom. The van der Waals surface area contributed by atoms with Crippen molar-refractivity contribution in [1.29, 1.82) is 0 Å². The molecule has 0 atom stereocenters. The second kappa shape index (κ2) is 4.25. The van der Waals surface area contributed by atoms with E-state index in [1.807, 2.05) is 0 Å². The maximum Gasteiger partial charge on any atom is 0.417 e. The first kappa shape index (κ1) is 12.3. The van der Waals surface area contributed by atoms with E-state index in [4.69, 9.17) is 11.5 Å². The maximum absolute atomic E-state index is 12.9. The highest BCUT2D eigenvalue weighted by atomic mass is 19.4. The van der Waals surface area contributed by atoms with E-state index in [1.165, 1.54) is 18.2 Å². The Morgan fingerprint density at radius 2 is 1.56 bits per heavy atom. The van der Waals surface area contributed by atoms with Gasteiger partial charge >= 0.3 is 6.18 Å². The van der Waals surface area contributed by atoms with Crippen LogP contribution in [0.15, 0.2) is 42.5 Å². The standard InChI is InChI=1S/C13H11F3N2/c14-13(15,16)10-5-2-6-11(18)12(10)8-3-1-4-9(17)7-8/h1-7H,17-18H2. The summed E-state index contributed by atoms with van der Waals surface area (Å²) < 4.78 is 38.8. The molecular weight excluding hydrogens is 241 g/mol. The molecule has 0 fully saturated rings. The van der Waals surface area contributed by atoms with E-state index in [1.54, 1.807) is 18.2 Å². The Bertz CT molecular complexity index is 577. The van der Waals surface area contributed by atoms with Crippen molar-refractivity contribution in [3.8, 4) is 11.1 Å². The second-order valence-corrected chi connectivity index (χ2v) is 3.89. The Balaban J connectivity index is 2.70. The van der Waals surface area contributed by atoms with Crippen LogP contribution in [0.2, 0.25) is 0 Å². The highest BCUT2D eigenvalue weighted by Crippen LogP contribution is 2.40. The van der Waals surface area contributed by atoms with E-state index in [-0.39, 0.29) is 11.3 Å². The molecule has 2 aromatic rings. The van der Waals surface area contributed by atoms with Crippen molar-refractivity contribution < 1.29 is 13.2 Å². The van der Waals surface area contributed by atoms with Gasteiger partial charge in [0.25, 0.3) is 0 Å². The molecule has 0 radical (unpaired) electrons.